The summed E-state index contributed by atoms with van der Waals surface area (Å²) in [6.45, 7) is 2.01. The van der Waals surface area contributed by atoms with E-state index in [1.165, 1.54) is 0 Å². The Bertz CT molecular complexity index is 327. The second kappa shape index (κ2) is 6.35. The molecule has 1 rings (SSSR count). The molecule has 0 saturated heterocycles. The Hall–Kier alpha value is -1.26. The number of hydrogen-bond acceptors (Lipinski definition) is 4. The van der Waals surface area contributed by atoms with Crippen molar-refractivity contribution in [2.45, 2.75) is 38.3 Å². The molecule has 0 bridgehead atoms. The molecule has 16 heavy (non-hydrogen) atoms. The predicted molar refractivity (Wildman–Crippen MR) is 61.7 cm³/mol. The van der Waals surface area contributed by atoms with Crippen molar-refractivity contribution < 1.29 is 9.90 Å². The van der Waals surface area contributed by atoms with Gasteiger partial charge >= 0.3 is 0 Å². The lowest BCUT2D eigenvalue weighted by molar-refractivity contribution is -0.122. The van der Waals surface area contributed by atoms with Crippen LogP contribution in [0, 0.1) is 0 Å². The van der Waals surface area contributed by atoms with Gasteiger partial charge in [-0.1, -0.05) is 13.3 Å². The molecular formula is C12H18N2O2. The van der Waals surface area contributed by atoms with Gasteiger partial charge in [0.15, 0.2) is 5.78 Å². The highest BCUT2D eigenvalue weighted by Gasteiger charge is 2.23. The number of hydrogen-bond donors (Lipinski definition) is 2. The summed E-state index contributed by atoms with van der Waals surface area (Å²) < 4.78 is 0. The fourth-order valence-corrected chi connectivity index (χ4v) is 1.46. The summed E-state index contributed by atoms with van der Waals surface area (Å²) in [7, 11) is 0. The molecule has 88 valence electrons. The SMILES string of the molecule is CCCCC(=O)C(N)C(O)c1ccncc1. The molecule has 0 aliphatic heterocycles. The molecule has 0 fully saturated rings. The van der Waals surface area contributed by atoms with Crippen LogP contribution in [0.4, 0.5) is 0 Å². The number of carbonyl (C=O) groups is 1. The summed E-state index contributed by atoms with van der Waals surface area (Å²) in [5.41, 5.74) is 6.35. The van der Waals surface area contributed by atoms with Crippen LogP contribution in [0.5, 0.6) is 0 Å². The third kappa shape index (κ3) is 3.40. The van der Waals surface area contributed by atoms with E-state index in [-0.39, 0.29) is 5.78 Å². The summed E-state index contributed by atoms with van der Waals surface area (Å²) in [6, 6.07) is 2.49. The summed E-state index contributed by atoms with van der Waals surface area (Å²) in [6.07, 6.45) is 4.40. The van der Waals surface area contributed by atoms with Crippen LogP contribution in [0.3, 0.4) is 0 Å². The lowest BCUT2D eigenvalue weighted by atomic mass is 9.98. The minimum atomic E-state index is -0.938. The molecule has 0 aromatic carbocycles. The first kappa shape index (κ1) is 12.8. The van der Waals surface area contributed by atoms with Gasteiger partial charge in [0.05, 0.1) is 6.04 Å². The Morgan fingerprint density at radius 3 is 2.69 bits per heavy atom. The van der Waals surface area contributed by atoms with Crippen molar-refractivity contribution in [1.82, 2.24) is 4.98 Å². The Morgan fingerprint density at radius 2 is 2.12 bits per heavy atom. The number of nitrogens with zero attached hydrogens (tertiary/aromatic N) is 1. The maximum absolute atomic E-state index is 11.6. The zero-order chi connectivity index (χ0) is 12.0. The van der Waals surface area contributed by atoms with E-state index in [2.05, 4.69) is 4.98 Å². The molecule has 3 N–H and O–H groups in total. The molecule has 1 heterocycles. The van der Waals surface area contributed by atoms with Crippen LogP contribution in [-0.2, 0) is 4.79 Å². The second-order valence-electron chi connectivity index (χ2n) is 3.82. The quantitative estimate of drug-likeness (QED) is 0.758. The van der Waals surface area contributed by atoms with Crippen LogP contribution in [-0.4, -0.2) is 21.9 Å². The van der Waals surface area contributed by atoms with Crippen molar-refractivity contribution in [2.24, 2.45) is 5.73 Å². The third-order valence-corrected chi connectivity index (χ3v) is 2.54. The highest BCUT2D eigenvalue weighted by atomic mass is 16.3. The summed E-state index contributed by atoms with van der Waals surface area (Å²) >= 11 is 0. The third-order valence-electron chi connectivity index (χ3n) is 2.54. The van der Waals surface area contributed by atoms with Crippen molar-refractivity contribution in [3.63, 3.8) is 0 Å². The molecule has 1 aromatic heterocycles. The maximum Gasteiger partial charge on any atom is 0.152 e. The van der Waals surface area contributed by atoms with E-state index in [9.17, 15) is 9.90 Å². The highest BCUT2D eigenvalue weighted by Crippen LogP contribution is 2.16. The molecule has 1 aromatic rings. The van der Waals surface area contributed by atoms with Crippen molar-refractivity contribution in [3.8, 4) is 0 Å². The molecule has 0 aliphatic rings. The van der Waals surface area contributed by atoms with Crippen LogP contribution in [0.2, 0.25) is 0 Å². The molecule has 0 spiro atoms. The van der Waals surface area contributed by atoms with Gasteiger partial charge in [-0.25, -0.2) is 0 Å². The van der Waals surface area contributed by atoms with Crippen LogP contribution in [0.15, 0.2) is 24.5 Å². The van der Waals surface area contributed by atoms with Gasteiger partial charge in [-0.3, -0.25) is 9.78 Å². The molecule has 0 amide bonds. The number of carbonyl (C=O) groups excluding carboxylic acids is 1. The average molecular weight is 222 g/mol. The van der Waals surface area contributed by atoms with E-state index >= 15 is 0 Å². The average Bonchev–Trinajstić information content (AvgIpc) is 2.35. The van der Waals surface area contributed by atoms with E-state index in [0.717, 1.165) is 12.8 Å². The topological polar surface area (TPSA) is 76.2 Å². The molecule has 0 aliphatic carbocycles. The molecule has 4 heteroatoms. The van der Waals surface area contributed by atoms with E-state index in [4.69, 9.17) is 5.73 Å². The number of pyridine rings is 1. The predicted octanol–water partition coefficient (Wildman–Crippen LogP) is 1.20. The number of ketones is 1. The van der Waals surface area contributed by atoms with Crippen molar-refractivity contribution >= 4 is 5.78 Å². The monoisotopic (exact) mass is 222 g/mol. The Morgan fingerprint density at radius 1 is 1.50 bits per heavy atom. The van der Waals surface area contributed by atoms with Crippen molar-refractivity contribution in [1.29, 1.82) is 0 Å². The smallest absolute Gasteiger partial charge is 0.152 e. The molecule has 0 radical (unpaired) electrons. The van der Waals surface area contributed by atoms with Gasteiger partial charge in [0, 0.05) is 18.8 Å². The van der Waals surface area contributed by atoms with E-state index in [1.807, 2.05) is 6.92 Å². The molecule has 4 nitrogen and oxygen atoms in total. The van der Waals surface area contributed by atoms with Gasteiger partial charge in [0.2, 0.25) is 0 Å². The van der Waals surface area contributed by atoms with Gasteiger partial charge in [0.25, 0.3) is 0 Å². The van der Waals surface area contributed by atoms with Gasteiger partial charge in [0.1, 0.15) is 6.10 Å². The van der Waals surface area contributed by atoms with Gasteiger partial charge in [-0.05, 0) is 24.1 Å². The largest absolute Gasteiger partial charge is 0.386 e. The minimum Gasteiger partial charge on any atom is -0.386 e. The molecule has 2 unspecified atom stereocenters. The standard InChI is InChI=1S/C12H18N2O2/c1-2-3-4-10(15)11(13)12(16)9-5-7-14-8-6-9/h5-8,11-12,16H,2-4,13H2,1H3. The van der Waals surface area contributed by atoms with Gasteiger partial charge in [-0.15, -0.1) is 0 Å². The number of rotatable bonds is 6. The number of unbranched alkanes of at least 4 members (excludes halogenated alkanes) is 1. The Balaban J connectivity index is 2.60. The van der Waals surface area contributed by atoms with E-state index in [1.54, 1.807) is 24.5 Å². The Kier molecular flexibility index (Phi) is 5.08. The highest BCUT2D eigenvalue weighted by molar-refractivity contribution is 5.84. The first-order valence-corrected chi connectivity index (χ1v) is 5.53. The van der Waals surface area contributed by atoms with E-state index in [0.29, 0.717) is 12.0 Å². The number of Topliss-reactive ketones (excluding diaryl/α,β-unsaturated/α-hetero) is 1. The van der Waals surface area contributed by atoms with Crippen LogP contribution in [0.1, 0.15) is 37.9 Å². The van der Waals surface area contributed by atoms with Crippen LogP contribution in [0.25, 0.3) is 0 Å². The lowest BCUT2D eigenvalue weighted by Crippen LogP contribution is -2.36. The summed E-state index contributed by atoms with van der Waals surface area (Å²) in [4.78, 5) is 15.5. The van der Waals surface area contributed by atoms with E-state index < -0.39 is 12.1 Å². The number of nitrogens with two attached hydrogens (primary N) is 1. The first-order valence-electron chi connectivity index (χ1n) is 5.53. The number of aliphatic hydroxyl groups is 1. The number of aliphatic hydroxyl groups excluding tert-OH is 1. The molecular weight excluding hydrogens is 204 g/mol. The zero-order valence-electron chi connectivity index (χ0n) is 9.47. The fraction of sp³-hybridized carbons (Fsp3) is 0.500. The summed E-state index contributed by atoms with van der Waals surface area (Å²) in [5.74, 6) is -0.0915. The Labute approximate surface area is 95.5 Å². The fourth-order valence-electron chi connectivity index (χ4n) is 1.46. The maximum atomic E-state index is 11.6. The summed E-state index contributed by atoms with van der Waals surface area (Å²) in [5, 5.41) is 9.89. The van der Waals surface area contributed by atoms with Crippen LogP contribution >= 0.6 is 0 Å². The van der Waals surface area contributed by atoms with Gasteiger partial charge < -0.3 is 10.8 Å². The van der Waals surface area contributed by atoms with Crippen molar-refractivity contribution in [2.75, 3.05) is 0 Å². The zero-order valence-corrected chi connectivity index (χ0v) is 9.47. The normalized spacial score (nSPS) is 14.4. The second-order valence-corrected chi connectivity index (χ2v) is 3.82. The lowest BCUT2D eigenvalue weighted by Gasteiger charge is -2.17. The first-order chi connectivity index (χ1) is 7.66. The number of aromatic nitrogens is 1. The van der Waals surface area contributed by atoms with Crippen molar-refractivity contribution in [3.05, 3.63) is 30.1 Å². The molecule has 2 atom stereocenters. The van der Waals surface area contributed by atoms with Crippen LogP contribution < -0.4 is 5.73 Å². The minimum absolute atomic E-state index is 0.0915. The van der Waals surface area contributed by atoms with Gasteiger partial charge in [-0.2, -0.15) is 0 Å². The molecule has 0 saturated carbocycles.